The molecule has 190 valence electrons. The number of alkyl halides is 3. The molecular formula is C33H17F3N4. The SMILES string of the molecule is N#CN=C1C2=C(C=C3C(=NC#N)c4cc(C(F)(F)F)ccc4C3C2)c2ccc(-c3cccc4ccccc34)cc21. The molecule has 4 aromatic rings. The maximum Gasteiger partial charge on any atom is 0.416 e. The molecule has 0 spiro atoms. The van der Waals surface area contributed by atoms with E-state index in [-0.39, 0.29) is 11.6 Å². The van der Waals surface area contributed by atoms with Crippen molar-refractivity contribution in [1.82, 2.24) is 0 Å². The summed E-state index contributed by atoms with van der Waals surface area (Å²) in [6, 6.07) is 24.0. The lowest BCUT2D eigenvalue weighted by atomic mass is 9.82. The summed E-state index contributed by atoms with van der Waals surface area (Å²) in [4.78, 5) is 8.18. The van der Waals surface area contributed by atoms with Crippen molar-refractivity contribution in [3.05, 3.63) is 124 Å². The lowest BCUT2D eigenvalue weighted by Crippen LogP contribution is -2.11. The molecule has 0 saturated heterocycles. The van der Waals surface area contributed by atoms with E-state index in [1.807, 2.05) is 48.7 Å². The highest BCUT2D eigenvalue weighted by Crippen LogP contribution is 2.52. The molecule has 3 aliphatic carbocycles. The van der Waals surface area contributed by atoms with Gasteiger partial charge >= 0.3 is 6.18 Å². The van der Waals surface area contributed by atoms with Gasteiger partial charge in [-0.05, 0) is 80.4 Å². The number of hydrogen-bond acceptors (Lipinski definition) is 4. The monoisotopic (exact) mass is 526 g/mol. The Bertz CT molecular complexity index is 1990. The minimum atomic E-state index is -4.51. The number of nitrogens with zero attached hydrogens (tertiary/aromatic N) is 4. The van der Waals surface area contributed by atoms with Crippen molar-refractivity contribution in [2.24, 2.45) is 9.98 Å². The first-order valence-electron chi connectivity index (χ1n) is 12.6. The Morgan fingerprint density at radius 2 is 1.52 bits per heavy atom. The highest BCUT2D eigenvalue weighted by molar-refractivity contribution is 6.28. The van der Waals surface area contributed by atoms with Gasteiger partial charge < -0.3 is 0 Å². The topological polar surface area (TPSA) is 72.3 Å². The van der Waals surface area contributed by atoms with Crippen LogP contribution in [0.3, 0.4) is 0 Å². The smallest absolute Gasteiger partial charge is 0.173 e. The number of rotatable bonds is 1. The zero-order valence-electron chi connectivity index (χ0n) is 20.8. The average Bonchev–Trinajstić information content (AvgIpc) is 3.42. The molecule has 0 aliphatic heterocycles. The Kier molecular flexibility index (Phi) is 5.14. The Morgan fingerprint density at radius 3 is 2.33 bits per heavy atom. The van der Waals surface area contributed by atoms with Crippen LogP contribution in [0, 0.1) is 22.9 Å². The summed E-state index contributed by atoms with van der Waals surface area (Å²) < 4.78 is 40.5. The summed E-state index contributed by atoms with van der Waals surface area (Å²) in [6.45, 7) is 0. The molecule has 0 aromatic heterocycles. The van der Waals surface area contributed by atoms with E-state index >= 15 is 0 Å². The second-order valence-corrected chi connectivity index (χ2v) is 9.96. The highest BCUT2D eigenvalue weighted by atomic mass is 19.4. The van der Waals surface area contributed by atoms with Crippen LogP contribution in [0.25, 0.3) is 27.5 Å². The maximum absolute atomic E-state index is 13.5. The fourth-order valence-electron chi connectivity index (χ4n) is 6.27. The third-order valence-corrected chi connectivity index (χ3v) is 7.97. The fraction of sp³-hybridized carbons (Fsp3) is 0.0909. The van der Waals surface area contributed by atoms with Gasteiger partial charge in [0.1, 0.15) is 0 Å². The van der Waals surface area contributed by atoms with E-state index < -0.39 is 11.7 Å². The number of fused-ring (bicyclic) bond motifs is 6. The van der Waals surface area contributed by atoms with Crippen LogP contribution in [0.4, 0.5) is 13.2 Å². The fourth-order valence-corrected chi connectivity index (χ4v) is 6.27. The minimum Gasteiger partial charge on any atom is -0.173 e. The number of benzene rings is 4. The van der Waals surface area contributed by atoms with Crippen molar-refractivity contribution in [3.63, 3.8) is 0 Å². The molecule has 7 rings (SSSR count). The second-order valence-electron chi connectivity index (χ2n) is 9.96. The summed E-state index contributed by atoms with van der Waals surface area (Å²) >= 11 is 0. The van der Waals surface area contributed by atoms with Crippen molar-refractivity contribution in [2.45, 2.75) is 18.5 Å². The molecule has 0 heterocycles. The molecule has 0 fully saturated rings. The highest BCUT2D eigenvalue weighted by Gasteiger charge is 2.42. The van der Waals surface area contributed by atoms with Crippen LogP contribution in [0.2, 0.25) is 0 Å². The van der Waals surface area contributed by atoms with E-state index in [2.05, 4.69) is 34.3 Å². The predicted molar refractivity (Wildman–Crippen MR) is 147 cm³/mol. The van der Waals surface area contributed by atoms with Crippen LogP contribution in [-0.4, -0.2) is 11.4 Å². The van der Waals surface area contributed by atoms with Gasteiger partial charge in [-0.15, -0.1) is 0 Å². The van der Waals surface area contributed by atoms with Crippen molar-refractivity contribution < 1.29 is 13.2 Å². The minimum absolute atomic E-state index is 0.264. The van der Waals surface area contributed by atoms with E-state index in [0.717, 1.165) is 56.3 Å². The van der Waals surface area contributed by atoms with Crippen molar-refractivity contribution >= 4 is 27.8 Å². The van der Waals surface area contributed by atoms with E-state index in [4.69, 9.17) is 0 Å². The van der Waals surface area contributed by atoms with Crippen molar-refractivity contribution in [3.8, 4) is 23.5 Å². The lowest BCUT2D eigenvalue weighted by molar-refractivity contribution is -0.137. The van der Waals surface area contributed by atoms with Crippen LogP contribution < -0.4 is 0 Å². The number of aliphatic imine (C=N–C) groups is 2. The number of halogens is 3. The quantitative estimate of drug-likeness (QED) is 0.236. The molecule has 0 amide bonds. The number of allylic oxidation sites excluding steroid dienone is 4. The normalized spacial score (nSPS) is 19.1. The van der Waals surface area contributed by atoms with E-state index in [9.17, 15) is 23.7 Å². The van der Waals surface area contributed by atoms with Gasteiger partial charge in [0, 0.05) is 17.0 Å². The molecule has 0 saturated carbocycles. The number of hydrogen-bond donors (Lipinski definition) is 0. The zero-order valence-corrected chi connectivity index (χ0v) is 20.8. The van der Waals surface area contributed by atoms with E-state index in [1.165, 1.54) is 6.07 Å². The van der Waals surface area contributed by atoms with Crippen LogP contribution in [-0.2, 0) is 6.18 Å². The molecular weight excluding hydrogens is 509 g/mol. The number of nitriles is 2. The molecule has 0 N–H and O–H groups in total. The van der Waals surface area contributed by atoms with Crippen LogP contribution in [0.15, 0.2) is 106 Å². The summed E-state index contributed by atoms with van der Waals surface area (Å²) in [7, 11) is 0. The molecule has 0 bridgehead atoms. The summed E-state index contributed by atoms with van der Waals surface area (Å²) in [5.41, 5.74) is 7.26. The predicted octanol–water partition coefficient (Wildman–Crippen LogP) is 7.96. The van der Waals surface area contributed by atoms with Gasteiger partial charge in [-0.1, -0.05) is 60.7 Å². The Hall–Kier alpha value is -5.27. The van der Waals surface area contributed by atoms with Gasteiger partial charge in [0.15, 0.2) is 0 Å². The Morgan fingerprint density at radius 1 is 0.750 bits per heavy atom. The van der Waals surface area contributed by atoms with Crippen molar-refractivity contribution in [1.29, 1.82) is 10.5 Å². The second kappa shape index (κ2) is 8.62. The maximum atomic E-state index is 13.5. The molecule has 4 nitrogen and oxygen atoms in total. The van der Waals surface area contributed by atoms with E-state index in [1.54, 1.807) is 6.19 Å². The van der Waals surface area contributed by atoms with E-state index in [0.29, 0.717) is 28.8 Å². The zero-order chi connectivity index (χ0) is 27.6. The van der Waals surface area contributed by atoms with Gasteiger partial charge in [-0.25, -0.2) is 0 Å². The molecule has 7 heteroatoms. The molecule has 0 radical (unpaired) electrons. The summed E-state index contributed by atoms with van der Waals surface area (Å²) in [5, 5.41) is 21.2. The largest absolute Gasteiger partial charge is 0.416 e. The first kappa shape index (κ1) is 23.8. The third kappa shape index (κ3) is 3.45. The third-order valence-electron chi connectivity index (χ3n) is 7.97. The molecule has 40 heavy (non-hydrogen) atoms. The Labute approximate surface area is 227 Å². The summed E-state index contributed by atoms with van der Waals surface area (Å²) in [6.07, 6.45) is 1.55. The van der Waals surface area contributed by atoms with Crippen LogP contribution in [0.5, 0.6) is 0 Å². The van der Waals surface area contributed by atoms with Gasteiger partial charge in [0.25, 0.3) is 0 Å². The van der Waals surface area contributed by atoms with Crippen LogP contribution in [0.1, 0.15) is 40.2 Å². The lowest BCUT2D eigenvalue weighted by Gasteiger charge is -2.20. The van der Waals surface area contributed by atoms with Gasteiger partial charge in [-0.3, -0.25) is 0 Å². The standard InChI is InChI=1S/C33H17F3N4/c34-33(35,36)20-9-11-24-26-15-29-25(14-30(26)32(40-17-38)28(24)13-20)23-10-8-19(12-27(23)31(29)39-16-37)22-7-3-5-18-4-1-2-6-21(18)22/h1-14,26H,15H2. The molecule has 4 aromatic carbocycles. The van der Waals surface area contributed by atoms with Crippen molar-refractivity contribution in [2.75, 3.05) is 0 Å². The average molecular weight is 527 g/mol. The van der Waals surface area contributed by atoms with Gasteiger partial charge in [-0.2, -0.15) is 33.7 Å². The molecule has 3 aliphatic rings. The molecule has 1 atom stereocenters. The van der Waals surface area contributed by atoms with Gasteiger partial charge in [0.05, 0.1) is 17.0 Å². The van der Waals surface area contributed by atoms with Crippen LogP contribution >= 0.6 is 0 Å². The molecule has 1 unspecified atom stereocenters. The summed E-state index contributed by atoms with van der Waals surface area (Å²) in [5.74, 6) is -0.293. The first-order chi connectivity index (χ1) is 19.4. The first-order valence-corrected chi connectivity index (χ1v) is 12.6. The Balaban J connectivity index is 1.38. The van der Waals surface area contributed by atoms with Gasteiger partial charge in [0.2, 0.25) is 12.4 Å².